The summed E-state index contributed by atoms with van der Waals surface area (Å²) in [4.78, 5) is 24.1. The first-order valence-electron chi connectivity index (χ1n) is 13.7. The second-order valence-electron chi connectivity index (χ2n) is 8.82. The molecule has 3 aromatic rings. The van der Waals surface area contributed by atoms with Crippen LogP contribution in [-0.4, -0.2) is 69.3 Å². The van der Waals surface area contributed by atoms with Crippen LogP contribution in [0.5, 0.6) is 5.75 Å². The maximum Gasteiger partial charge on any atom is 0.224 e. The van der Waals surface area contributed by atoms with E-state index in [1.807, 2.05) is 60.7 Å². The molecule has 1 unspecified atom stereocenters. The maximum absolute atomic E-state index is 11.8. The lowest BCUT2D eigenvalue weighted by molar-refractivity contribution is -0.109. The van der Waals surface area contributed by atoms with Crippen molar-refractivity contribution < 1.29 is 18.8 Å². The van der Waals surface area contributed by atoms with Crippen molar-refractivity contribution >= 4 is 44.6 Å². The molecule has 0 saturated carbocycles. The zero-order valence-electron chi connectivity index (χ0n) is 24.6. The van der Waals surface area contributed by atoms with Crippen LogP contribution in [0.15, 0.2) is 65.7 Å². The minimum atomic E-state index is -1.30. The number of para-hydroxylation sites is 1. The number of unbranched alkanes of at least 4 members (excludes halogenated alkanes) is 1. The van der Waals surface area contributed by atoms with E-state index >= 15 is 0 Å². The molecule has 0 saturated heterocycles. The van der Waals surface area contributed by atoms with Crippen molar-refractivity contribution in [1.29, 1.82) is 0 Å². The van der Waals surface area contributed by atoms with Crippen LogP contribution in [0.25, 0.3) is 0 Å². The minimum absolute atomic E-state index is 0.0888. The third kappa shape index (κ3) is 13.3. The standard InChI is InChI=1S/C24H31N8O3P.C5H12O/c1-26-21-22(29-24(25)30-23(21)31-27-2)28-13-14-34-17-36(35-20-11-7-4-8-12-20)32-19(16-33)15-18-9-5-3-6-10-18;1-3-4-5-6-2/h3-12,16,19,27,32H,1,13-15,17H2,2H3,(H4,25,28,29,30,31);3-5H2,1-2H3/t19-,36?;/m0./s1. The Morgan fingerprint density at radius 1 is 1.07 bits per heavy atom. The summed E-state index contributed by atoms with van der Waals surface area (Å²) in [5, 5.41) is 6.45. The highest BCUT2D eigenvalue weighted by molar-refractivity contribution is 7.50. The fourth-order valence-electron chi connectivity index (χ4n) is 3.50. The summed E-state index contributed by atoms with van der Waals surface area (Å²) < 4.78 is 16.8. The Labute approximate surface area is 249 Å². The van der Waals surface area contributed by atoms with Gasteiger partial charge in [-0.3, -0.25) is 10.1 Å². The molecule has 13 heteroatoms. The number of aromatic nitrogens is 2. The molecule has 0 fully saturated rings. The molecular weight excluding hydrogens is 555 g/mol. The van der Waals surface area contributed by atoms with Crippen LogP contribution < -0.4 is 31.5 Å². The molecule has 2 atom stereocenters. The number of anilines is 3. The van der Waals surface area contributed by atoms with Gasteiger partial charge in [0, 0.05) is 27.3 Å². The summed E-state index contributed by atoms with van der Waals surface area (Å²) in [6, 6.07) is 18.9. The summed E-state index contributed by atoms with van der Waals surface area (Å²) in [6.07, 6.45) is 4.15. The molecule has 0 aliphatic heterocycles. The number of ether oxygens (including phenoxy) is 2. The maximum atomic E-state index is 11.8. The van der Waals surface area contributed by atoms with Crippen LogP contribution in [0.1, 0.15) is 25.3 Å². The van der Waals surface area contributed by atoms with E-state index in [4.69, 9.17) is 19.7 Å². The van der Waals surface area contributed by atoms with Gasteiger partial charge in [-0.05, 0) is 37.3 Å². The largest absolute Gasteiger partial charge is 0.456 e. The topological polar surface area (TPSA) is 157 Å². The van der Waals surface area contributed by atoms with Crippen molar-refractivity contribution in [3.05, 3.63) is 66.2 Å². The molecule has 42 heavy (non-hydrogen) atoms. The fourth-order valence-corrected chi connectivity index (χ4v) is 4.88. The average Bonchev–Trinajstić information content (AvgIpc) is 3.00. The smallest absolute Gasteiger partial charge is 0.224 e. The number of rotatable bonds is 19. The number of nitrogens with zero attached hydrogens (tertiary/aromatic N) is 3. The summed E-state index contributed by atoms with van der Waals surface area (Å²) in [5.74, 6) is 1.63. The first-order chi connectivity index (χ1) is 20.5. The molecule has 0 spiro atoms. The van der Waals surface area contributed by atoms with Gasteiger partial charge in [-0.25, -0.2) is 5.43 Å². The first-order valence-corrected chi connectivity index (χ1v) is 15.1. The molecular formula is C29H43N8O4P. The van der Waals surface area contributed by atoms with E-state index in [1.54, 1.807) is 14.2 Å². The lowest BCUT2D eigenvalue weighted by atomic mass is 10.1. The number of hydrogen-bond acceptors (Lipinski definition) is 12. The second-order valence-corrected chi connectivity index (χ2v) is 10.3. The summed E-state index contributed by atoms with van der Waals surface area (Å²) in [5.41, 5.74) is 12.9. The highest BCUT2D eigenvalue weighted by Crippen LogP contribution is 2.35. The van der Waals surface area contributed by atoms with Gasteiger partial charge >= 0.3 is 0 Å². The van der Waals surface area contributed by atoms with Gasteiger partial charge < -0.3 is 35.3 Å². The quantitative estimate of drug-likeness (QED) is 0.0434. The normalized spacial score (nSPS) is 11.9. The first kappa shape index (κ1) is 34.5. The molecule has 0 radical (unpaired) electrons. The van der Waals surface area contributed by atoms with Gasteiger partial charge in [0.25, 0.3) is 0 Å². The molecule has 12 nitrogen and oxygen atoms in total. The van der Waals surface area contributed by atoms with Crippen LogP contribution >= 0.6 is 8.30 Å². The van der Waals surface area contributed by atoms with Crippen LogP contribution in [0.3, 0.4) is 0 Å². The van der Waals surface area contributed by atoms with Crippen molar-refractivity contribution in [2.45, 2.75) is 32.2 Å². The molecule has 2 aromatic carbocycles. The number of benzene rings is 2. The number of aldehydes is 1. The van der Waals surface area contributed by atoms with Crippen molar-refractivity contribution in [1.82, 2.24) is 20.5 Å². The molecule has 0 amide bonds. The van der Waals surface area contributed by atoms with Crippen molar-refractivity contribution in [2.75, 3.05) is 56.7 Å². The Hall–Kier alpha value is -3.67. The van der Waals surface area contributed by atoms with Crippen LogP contribution in [0.4, 0.5) is 23.3 Å². The number of carbonyl (C=O) groups is 1. The molecule has 0 aliphatic rings. The van der Waals surface area contributed by atoms with Crippen LogP contribution in [0, 0.1) is 0 Å². The molecule has 0 aliphatic carbocycles. The number of hydrogen-bond donors (Lipinski definition) is 5. The van der Waals surface area contributed by atoms with Gasteiger partial charge in [0.05, 0.1) is 12.6 Å². The Balaban J connectivity index is 0.000000928. The molecule has 228 valence electrons. The van der Waals surface area contributed by atoms with E-state index in [0.717, 1.165) is 18.5 Å². The summed E-state index contributed by atoms with van der Waals surface area (Å²) >= 11 is 0. The van der Waals surface area contributed by atoms with Gasteiger partial charge in [0.2, 0.25) is 5.95 Å². The Morgan fingerprint density at radius 2 is 1.76 bits per heavy atom. The van der Waals surface area contributed by atoms with Gasteiger partial charge in [-0.1, -0.05) is 61.9 Å². The van der Waals surface area contributed by atoms with E-state index in [2.05, 4.69) is 49.9 Å². The number of aliphatic imine (C=N–C) groups is 1. The molecule has 3 rings (SSSR count). The van der Waals surface area contributed by atoms with Crippen LogP contribution in [-0.2, 0) is 20.7 Å². The zero-order chi connectivity index (χ0) is 30.4. The lowest BCUT2D eigenvalue weighted by Gasteiger charge is -2.23. The molecule has 1 aromatic heterocycles. The lowest BCUT2D eigenvalue weighted by Crippen LogP contribution is -2.31. The number of nitrogens with two attached hydrogens (primary N) is 1. The third-order valence-corrected chi connectivity index (χ3v) is 6.95. The second kappa shape index (κ2) is 21.1. The number of carbonyl (C=O) groups excluding carboxylic acids is 1. The van der Waals surface area contributed by atoms with Crippen molar-refractivity contribution in [3.8, 4) is 5.75 Å². The highest BCUT2D eigenvalue weighted by Gasteiger charge is 2.19. The molecule has 1 heterocycles. The van der Waals surface area contributed by atoms with E-state index in [9.17, 15) is 4.79 Å². The van der Waals surface area contributed by atoms with E-state index < -0.39 is 14.3 Å². The monoisotopic (exact) mass is 598 g/mol. The Bertz CT molecular complexity index is 1160. The summed E-state index contributed by atoms with van der Waals surface area (Å²) in [7, 11) is 2.13. The number of hydrazine groups is 1. The zero-order valence-corrected chi connectivity index (χ0v) is 25.5. The fraction of sp³-hybridized carbons (Fsp3) is 0.379. The highest BCUT2D eigenvalue weighted by atomic mass is 31.2. The average molecular weight is 599 g/mol. The van der Waals surface area contributed by atoms with E-state index in [0.29, 0.717) is 42.6 Å². The Kier molecular flexibility index (Phi) is 17.3. The number of nitrogen functional groups attached to an aromatic ring is 1. The molecule has 0 bridgehead atoms. The number of methoxy groups -OCH3 is 1. The van der Waals surface area contributed by atoms with Gasteiger partial charge in [-0.2, -0.15) is 9.97 Å². The SMILES string of the molecule is C=Nc1c(NCCOCP(N[C@H](C=O)Cc2ccccc2)Oc2ccccc2)nc(N)nc1NNC.CCCCOC. The summed E-state index contributed by atoms with van der Waals surface area (Å²) in [6.45, 7) is 7.41. The van der Waals surface area contributed by atoms with E-state index in [1.165, 1.54) is 12.8 Å². The van der Waals surface area contributed by atoms with Crippen molar-refractivity contribution in [3.63, 3.8) is 0 Å². The van der Waals surface area contributed by atoms with E-state index in [-0.39, 0.29) is 12.3 Å². The predicted octanol–water partition coefficient (Wildman–Crippen LogP) is 4.55. The van der Waals surface area contributed by atoms with Crippen molar-refractivity contribution in [2.24, 2.45) is 4.99 Å². The van der Waals surface area contributed by atoms with Gasteiger partial charge in [-0.15, -0.1) is 0 Å². The minimum Gasteiger partial charge on any atom is -0.456 e. The Morgan fingerprint density at radius 3 is 2.36 bits per heavy atom. The van der Waals surface area contributed by atoms with Gasteiger partial charge in [0.15, 0.2) is 19.9 Å². The predicted molar refractivity (Wildman–Crippen MR) is 172 cm³/mol. The van der Waals surface area contributed by atoms with Gasteiger partial charge in [0.1, 0.15) is 24.1 Å². The molecule has 6 N–H and O–H groups in total. The number of nitrogens with one attached hydrogen (secondary N) is 4. The third-order valence-electron chi connectivity index (χ3n) is 5.48. The van der Waals surface area contributed by atoms with Crippen LogP contribution in [0.2, 0.25) is 0 Å².